The first-order valence-corrected chi connectivity index (χ1v) is 13.9. The van der Waals surface area contributed by atoms with Crippen LogP contribution >= 0.6 is 7.82 Å². The van der Waals surface area contributed by atoms with Crippen LogP contribution in [-0.4, -0.2) is 32.5 Å². The number of para-hydroxylation sites is 1. The minimum absolute atomic E-state index is 0. The molecule has 3 rings (SSSR count). The number of phosphoric acid groups is 1. The first kappa shape index (κ1) is 34.4. The van der Waals surface area contributed by atoms with Crippen molar-refractivity contribution in [1.29, 1.82) is 0 Å². The van der Waals surface area contributed by atoms with Gasteiger partial charge in [-0.15, -0.1) is 0 Å². The summed E-state index contributed by atoms with van der Waals surface area (Å²) in [7, 11) is -5.00. The van der Waals surface area contributed by atoms with Crippen LogP contribution in [0.2, 0.25) is 0 Å². The van der Waals surface area contributed by atoms with Gasteiger partial charge in [0.2, 0.25) is 0 Å². The summed E-state index contributed by atoms with van der Waals surface area (Å²) in [5.41, 5.74) is 4.08. The van der Waals surface area contributed by atoms with Gasteiger partial charge in [0.1, 0.15) is 17.2 Å². The lowest BCUT2D eigenvalue weighted by molar-refractivity contribution is 0.0990. The summed E-state index contributed by atoms with van der Waals surface area (Å²) >= 11 is 0. The predicted octanol–water partition coefficient (Wildman–Crippen LogP) is 7.02. The number of allylic oxidation sites excluding steroid dienone is 5. The first-order valence-electron chi connectivity index (χ1n) is 12.3. The Labute approximate surface area is 235 Å². The summed E-state index contributed by atoms with van der Waals surface area (Å²) in [5.74, 6) is -1.40. The highest BCUT2D eigenvalue weighted by Crippen LogP contribution is 2.50. The van der Waals surface area contributed by atoms with Crippen molar-refractivity contribution in [3.8, 4) is 17.2 Å². The molecule has 0 aromatic heterocycles. The van der Waals surface area contributed by atoms with Gasteiger partial charge in [0.05, 0.1) is 16.9 Å². The normalized spacial score (nSPS) is 13.2. The van der Waals surface area contributed by atoms with Crippen molar-refractivity contribution in [2.45, 2.75) is 53.4 Å². The lowest BCUT2D eigenvalue weighted by atomic mass is 10.1. The molecule has 0 bridgehead atoms. The summed E-state index contributed by atoms with van der Waals surface area (Å²) in [4.78, 5) is 33.8. The van der Waals surface area contributed by atoms with Gasteiger partial charge in [0, 0.05) is 18.7 Å². The van der Waals surface area contributed by atoms with E-state index in [1.165, 1.54) is 40.3 Å². The molecule has 0 radical (unpaired) electrons. The Balaban J connectivity index is 0.00000400. The molecule has 1 amide bonds. The lowest BCUT2D eigenvalue weighted by Crippen LogP contribution is -2.30. The Morgan fingerprint density at radius 1 is 0.950 bits per heavy atom. The number of hydrogen-bond acceptors (Lipinski definition) is 8. The van der Waals surface area contributed by atoms with Gasteiger partial charge in [0.25, 0.3) is 5.91 Å². The van der Waals surface area contributed by atoms with Crippen LogP contribution in [0, 0.1) is 0 Å². The topological polar surface area (TPSA) is 210 Å². The van der Waals surface area contributed by atoms with Gasteiger partial charge in [-0.1, -0.05) is 41.0 Å². The number of nitrogens with one attached hydrogen (secondary N) is 1. The van der Waals surface area contributed by atoms with E-state index in [0.717, 1.165) is 37.3 Å². The molecule has 0 atom stereocenters. The minimum Gasteiger partial charge on any atom is -0.508 e. The highest BCUT2D eigenvalue weighted by Gasteiger charge is 2.32. The number of benzene rings is 2. The second-order valence-electron chi connectivity index (χ2n) is 9.62. The molecule has 11 N–H and O–H groups in total. The molecule has 0 saturated carbocycles. The van der Waals surface area contributed by atoms with Crippen LogP contribution in [0.15, 0.2) is 65.3 Å². The van der Waals surface area contributed by atoms with Crippen molar-refractivity contribution in [3.63, 3.8) is 0 Å². The van der Waals surface area contributed by atoms with E-state index in [9.17, 15) is 29.4 Å². The Bertz CT molecular complexity index is 1340. The molecule has 0 spiro atoms. The molecule has 1 aliphatic rings. The first-order chi connectivity index (χ1) is 17.9. The second-order valence-corrected chi connectivity index (χ2v) is 10.8. The number of hydrogen-bond donors (Lipinski definition) is 7. The molecule has 1 heterocycles. The number of fused-ring (bicyclic) bond motifs is 2. The molecule has 12 heteroatoms. The van der Waals surface area contributed by atoms with Crippen molar-refractivity contribution in [2.75, 3.05) is 16.8 Å². The zero-order valence-electron chi connectivity index (χ0n) is 23.5. The van der Waals surface area contributed by atoms with Crippen LogP contribution in [0.25, 0.3) is 0 Å². The maximum Gasteiger partial charge on any atom is 0.524 e. The molecule has 0 fully saturated rings. The van der Waals surface area contributed by atoms with Gasteiger partial charge in [-0.05, 0) is 65.5 Å². The smallest absolute Gasteiger partial charge is 0.508 e. The molecule has 40 heavy (non-hydrogen) atoms. The number of phosphoric ester groups is 1. The van der Waals surface area contributed by atoms with Gasteiger partial charge in [-0.25, -0.2) is 4.57 Å². The summed E-state index contributed by atoms with van der Waals surface area (Å²) in [6.45, 7) is 8.39. The van der Waals surface area contributed by atoms with Gasteiger partial charge < -0.3 is 37.3 Å². The van der Waals surface area contributed by atoms with E-state index in [1.54, 1.807) is 0 Å². The molecule has 220 valence electrons. The Morgan fingerprint density at radius 2 is 1.57 bits per heavy atom. The number of aromatic hydroxyl groups is 2. The van der Waals surface area contributed by atoms with Crippen molar-refractivity contribution < 1.29 is 33.9 Å². The minimum atomic E-state index is -5.00. The van der Waals surface area contributed by atoms with E-state index in [0.29, 0.717) is 0 Å². The zero-order valence-corrected chi connectivity index (χ0v) is 24.4. The Morgan fingerprint density at radius 3 is 2.20 bits per heavy atom. The van der Waals surface area contributed by atoms with Crippen molar-refractivity contribution >= 4 is 30.8 Å². The average Bonchev–Trinajstić information content (AvgIpc) is 2.92. The van der Waals surface area contributed by atoms with Gasteiger partial charge >= 0.3 is 7.82 Å². The molecule has 0 saturated heterocycles. The third-order valence-corrected chi connectivity index (χ3v) is 6.52. The molecule has 1 aliphatic heterocycles. The summed E-state index contributed by atoms with van der Waals surface area (Å²) < 4.78 is 16.4. The predicted molar refractivity (Wildman–Crippen MR) is 159 cm³/mol. The van der Waals surface area contributed by atoms with E-state index in [1.807, 2.05) is 13.0 Å². The van der Waals surface area contributed by atoms with E-state index < -0.39 is 13.7 Å². The lowest BCUT2D eigenvalue weighted by Gasteiger charge is -2.23. The van der Waals surface area contributed by atoms with E-state index in [2.05, 4.69) is 38.2 Å². The molecule has 2 aromatic carbocycles. The zero-order chi connectivity index (χ0) is 28.0. The summed E-state index contributed by atoms with van der Waals surface area (Å²) in [6, 6.07) is 6.78. The van der Waals surface area contributed by atoms with Crippen LogP contribution in [0.5, 0.6) is 17.2 Å². The number of anilines is 3. The van der Waals surface area contributed by atoms with Crippen molar-refractivity contribution in [2.24, 2.45) is 0 Å². The van der Waals surface area contributed by atoms with Crippen LogP contribution < -0.4 is 27.0 Å². The number of amides is 1. The Hall–Kier alpha value is -3.60. The standard InChI is InChI=1S/C28H35N2O7P.2H3N/c1-18(2)8-5-9-19(3)10-6-11-20(4)14-15-30-23-16-21(31)17-25(37-38(34,35)36)27(23)29-26-22(28(30)33)12-7-13-24(26)32;;/h7-8,10,12-14,16-17,29,31-32H,5-6,9,11,15H2,1-4H3,(H2,34,35,36);2*1H3. The molecule has 0 aliphatic carbocycles. The van der Waals surface area contributed by atoms with Crippen LogP contribution in [0.4, 0.5) is 17.1 Å². The molecule has 2 aromatic rings. The van der Waals surface area contributed by atoms with Crippen molar-refractivity contribution in [3.05, 3.63) is 70.8 Å². The number of phenolic OH excluding ortho intramolecular Hbond substituents is 2. The SMILES string of the molecule is CC(C)=CCCC(C)=CCCC(C)=CCN1C(=O)c2cccc(O)c2Nc2c(OP(=O)(O)O)cc(O)cc21.N.N. The van der Waals surface area contributed by atoms with Crippen molar-refractivity contribution in [1.82, 2.24) is 12.3 Å². The summed E-state index contributed by atoms with van der Waals surface area (Å²) in [5, 5.41) is 23.6. The summed E-state index contributed by atoms with van der Waals surface area (Å²) in [6.07, 6.45) is 10.0. The van der Waals surface area contributed by atoms with E-state index in [4.69, 9.17) is 4.52 Å². The molecular formula is C28H41N4O7P. The van der Waals surface area contributed by atoms with Gasteiger partial charge in [0.15, 0.2) is 5.75 Å². The number of carbonyl (C=O) groups is 1. The van der Waals surface area contributed by atoms with Gasteiger partial charge in [-0.3, -0.25) is 14.6 Å². The maximum absolute atomic E-state index is 13.6. The van der Waals surface area contributed by atoms with Gasteiger partial charge in [-0.2, -0.15) is 0 Å². The third kappa shape index (κ3) is 9.25. The van der Waals surface area contributed by atoms with Crippen LogP contribution in [0.3, 0.4) is 0 Å². The second kappa shape index (κ2) is 14.7. The largest absolute Gasteiger partial charge is 0.524 e. The fourth-order valence-corrected chi connectivity index (χ4v) is 4.52. The average molecular weight is 577 g/mol. The quantitative estimate of drug-likeness (QED) is 0.0665. The third-order valence-electron chi connectivity index (χ3n) is 6.09. The van der Waals surface area contributed by atoms with Crippen LogP contribution in [-0.2, 0) is 4.57 Å². The number of carbonyl (C=O) groups excluding carboxylic acids is 1. The molecule has 0 unspecified atom stereocenters. The Kier molecular flexibility index (Phi) is 12.6. The fraction of sp³-hybridized carbons (Fsp3) is 0.321. The highest BCUT2D eigenvalue weighted by molar-refractivity contribution is 7.46. The fourth-order valence-electron chi connectivity index (χ4n) is 4.12. The molecule has 11 nitrogen and oxygen atoms in total. The number of rotatable bonds is 10. The molecular weight excluding hydrogens is 535 g/mol. The maximum atomic E-state index is 13.6. The number of nitrogens with zero attached hydrogens (tertiary/aromatic N) is 1. The van der Waals surface area contributed by atoms with E-state index in [-0.39, 0.29) is 58.7 Å². The number of phenols is 2. The van der Waals surface area contributed by atoms with Crippen LogP contribution in [0.1, 0.15) is 63.7 Å². The monoisotopic (exact) mass is 576 g/mol. The highest BCUT2D eigenvalue weighted by atomic mass is 31.2. The van der Waals surface area contributed by atoms with E-state index >= 15 is 0 Å².